The first kappa shape index (κ1) is 14.8. The second-order valence-electron chi connectivity index (χ2n) is 4.00. The van der Waals surface area contributed by atoms with Crippen molar-refractivity contribution in [2.45, 2.75) is 0 Å². The molecule has 0 aliphatic heterocycles. The summed E-state index contributed by atoms with van der Waals surface area (Å²) in [5.74, 6) is 0.384. The van der Waals surface area contributed by atoms with E-state index >= 15 is 0 Å². The molecular formula is C13H19ClN2O2. The predicted octanol–water partition coefficient (Wildman–Crippen LogP) is 1.74. The fourth-order valence-electron chi connectivity index (χ4n) is 1.41. The second kappa shape index (κ2) is 7.95. The van der Waals surface area contributed by atoms with Crippen molar-refractivity contribution in [3.05, 3.63) is 29.8 Å². The lowest BCUT2D eigenvalue weighted by atomic mass is 10.2. The third-order valence-corrected chi connectivity index (χ3v) is 2.55. The number of benzene rings is 1. The van der Waals surface area contributed by atoms with Crippen molar-refractivity contribution >= 4 is 23.2 Å². The highest BCUT2D eigenvalue weighted by molar-refractivity contribution is 6.17. The molecule has 0 bridgehead atoms. The topological polar surface area (TPSA) is 41.6 Å². The molecule has 0 aliphatic rings. The Morgan fingerprint density at radius 2 is 1.94 bits per heavy atom. The molecule has 0 saturated heterocycles. The largest absolute Gasteiger partial charge is 0.378 e. The smallest absolute Gasteiger partial charge is 0.251 e. The van der Waals surface area contributed by atoms with Gasteiger partial charge in [0.05, 0.1) is 13.2 Å². The Morgan fingerprint density at radius 1 is 1.28 bits per heavy atom. The molecule has 0 aliphatic carbocycles. The molecule has 100 valence electrons. The highest BCUT2D eigenvalue weighted by Gasteiger charge is 2.04. The van der Waals surface area contributed by atoms with Crippen LogP contribution in [0.25, 0.3) is 0 Å². The van der Waals surface area contributed by atoms with Gasteiger partial charge in [0, 0.05) is 37.8 Å². The number of rotatable bonds is 7. The molecule has 0 heterocycles. The number of carbonyl (C=O) groups is 1. The van der Waals surface area contributed by atoms with Crippen molar-refractivity contribution < 1.29 is 9.53 Å². The van der Waals surface area contributed by atoms with E-state index in [1.807, 2.05) is 43.3 Å². The normalized spacial score (nSPS) is 10.2. The number of anilines is 1. The number of nitrogens with one attached hydrogen (secondary N) is 1. The SMILES string of the molecule is CN(C)c1ccc(C(=O)NCCOCCCl)cc1. The molecule has 1 rings (SSSR count). The zero-order chi connectivity index (χ0) is 13.4. The Hall–Kier alpha value is -1.26. The molecule has 0 unspecified atom stereocenters. The van der Waals surface area contributed by atoms with E-state index in [4.69, 9.17) is 16.3 Å². The molecule has 1 aromatic rings. The molecule has 0 atom stereocenters. The standard InChI is InChI=1S/C13H19ClN2O2/c1-16(2)12-5-3-11(4-6-12)13(17)15-8-10-18-9-7-14/h3-6H,7-10H2,1-2H3,(H,15,17). The molecule has 18 heavy (non-hydrogen) atoms. The van der Waals surface area contributed by atoms with Crippen LogP contribution in [0.3, 0.4) is 0 Å². The predicted molar refractivity (Wildman–Crippen MR) is 74.6 cm³/mol. The summed E-state index contributed by atoms with van der Waals surface area (Å²) in [5.41, 5.74) is 1.72. The second-order valence-corrected chi connectivity index (χ2v) is 4.38. The van der Waals surface area contributed by atoms with Gasteiger partial charge in [-0.3, -0.25) is 4.79 Å². The summed E-state index contributed by atoms with van der Waals surface area (Å²) < 4.78 is 5.17. The zero-order valence-electron chi connectivity index (χ0n) is 10.8. The molecule has 0 fully saturated rings. The third-order valence-electron chi connectivity index (χ3n) is 2.40. The zero-order valence-corrected chi connectivity index (χ0v) is 11.5. The summed E-state index contributed by atoms with van der Waals surface area (Å²) in [6.45, 7) is 1.48. The Bertz CT molecular complexity index is 366. The van der Waals surface area contributed by atoms with Gasteiger partial charge in [0.2, 0.25) is 0 Å². The van der Waals surface area contributed by atoms with E-state index in [1.54, 1.807) is 0 Å². The number of carbonyl (C=O) groups excluding carboxylic acids is 1. The fraction of sp³-hybridized carbons (Fsp3) is 0.462. The lowest BCUT2D eigenvalue weighted by molar-refractivity contribution is 0.0923. The van der Waals surface area contributed by atoms with Gasteiger partial charge in [0.25, 0.3) is 5.91 Å². The van der Waals surface area contributed by atoms with Crippen molar-refractivity contribution in [1.29, 1.82) is 0 Å². The van der Waals surface area contributed by atoms with Crippen molar-refractivity contribution in [1.82, 2.24) is 5.32 Å². The van der Waals surface area contributed by atoms with Gasteiger partial charge in [-0.05, 0) is 24.3 Å². The summed E-state index contributed by atoms with van der Waals surface area (Å²) in [5, 5.41) is 2.79. The monoisotopic (exact) mass is 270 g/mol. The number of hydrogen-bond donors (Lipinski definition) is 1. The molecule has 0 aromatic heterocycles. The Morgan fingerprint density at radius 3 is 2.50 bits per heavy atom. The summed E-state index contributed by atoms with van der Waals surface area (Å²) >= 11 is 5.46. The van der Waals surface area contributed by atoms with E-state index in [2.05, 4.69) is 5.32 Å². The first-order chi connectivity index (χ1) is 8.65. The summed E-state index contributed by atoms with van der Waals surface area (Å²) in [6, 6.07) is 7.45. The molecule has 1 aromatic carbocycles. The summed E-state index contributed by atoms with van der Waals surface area (Å²) in [4.78, 5) is 13.7. The maximum Gasteiger partial charge on any atom is 0.251 e. The van der Waals surface area contributed by atoms with Gasteiger partial charge in [0.1, 0.15) is 0 Å². The number of ether oxygens (including phenoxy) is 1. The van der Waals surface area contributed by atoms with E-state index in [9.17, 15) is 4.79 Å². The van der Waals surface area contributed by atoms with Crippen molar-refractivity contribution in [3.8, 4) is 0 Å². The van der Waals surface area contributed by atoms with Crippen LogP contribution in [-0.2, 0) is 4.74 Å². The van der Waals surface area contributed by atoms with Gasteiger partial charge in [-0.1, -0.05) is 0 Å². The fourth-order valence-corrected chi connectivity index (χ4v) is 1.52. The molecule has 0 spiro atoms. The van der Waals surface area contributed by atoms with Crippen LogP contribution in [0.5, 0.6) is 0 Å². The lowest BCUT2D eigenvalue weighted by Crippen LogP contribution is -2.27. The van der Waals surface area contributed by atoms with Crippen molar-refractivity contribution in [2.75, 3.05) is 44.6 Å². The highest BCUT2D eigenvalue weighted by Crippen LogP contribution is 2.11. The average Bonchev–Trinajstić information content (AvgIpc) is 2.38. The van der Waals surface area contributed by atoms with E-state index in [0.717, 1.165) is 5.69 Å². The molecule has 1 amide bonds. The highest BCUT2D eigenvalue weighted by atomic mass is 35.5. The molecular weight excluding hydrogens is 252 g/mol. The summed E-state index contributed by atoms with van der Waals surface area (Å²) in [7, 11) is 3.92. The van der Waals surface area contributed by atoms with Crippen LogP contribution in [0.4, 0.5) is 5.69 Å². The first-order valence-corrected chi connectivity index (χ1v) is 6.38. The van der Waals surface area contributed by atoms with E-state index < -0.39 is 0 Å². The quantitative estimate of drug-likeness (QED) is 0.606. The van der Waals surface area contributed by atoms with E-state index in [0.29, 0.717) is 31.2 Å². The molecule has 1 N–H and O–H groups in total. The lowest BCUT2D eigenvalue weighted by Gasteiger charge is -2.12. The van der Waals surface area contributed by atoms with Gasteiger partial charge in [-0.2, -0.15) is 0 Å². The maximum atomic E-state index is 11.8. The van der Waals surface area contributed by atoms with Crippen LogP contribution in [0.1, 0.15) is 10.4 Å². The first-order valence-electron chi connectivity index (χ1n) is 5.84. The van der Waals surface area contributed by atoms with Gasteiger partial charge >= 0.3 is 0 Å². The van der Waals surface area contributed by atoms with Gasteiger partial charge in [-0.25, -0.2) is 0 Å². The Labute approximate surface area is 113 Å². The van der Waals surface area contributed by atoms with Crippen molar-refractivity contribution in [2.24, 2.45) is 0 Å². The Kier molecular flexibility index (Phi) is 6.54. The number of amides is 1. The molecule has 5 heteroatoms. The van der Waals surface area contributed by atoms with Crippen molar-refractivity contribution in [3.63, 3.8) is 0 Å². The maximum absolute atomic E-state index is 11.8. The van der Waals surface area contributed by atoms with Crippen LogP contribution in [-0.4, -0.2) is 45.6 Å². The number of nitrogens with zero attached hydrogens (tertiary/aromatic N) is 1. The summed E-state index contributed by atoms with van der Waals surface area (Å²) in [6.07, 6.45) is 0. The van der Waals surface area contributed by atoms with Gasteiger partial charge in [0.15, 0.2) is 0 Å². The minimum absolute atomic E-state index is 0.0882. The van der Waals surface area contributed by atoms with Gasteiger partial charge < -0.3 is 15.0 Å². The van der Waals surface area contributed by atoms with Crippen LogP contribution in [0, 0.1) is 0 Å². The van der Waals surface area contributed by atoms with E-state index in [1.165, 1.54) is 0 Å². The number of hydrogen-bond acceptors (Lipinski definition) is 3. The number of alkyl halides is 1. The minimum Gasteiger partial charge on any atom is -0.378 e. The molecule has 0 saturated carbocycles. The van der Waals surface area contributed by atoms with Crippen LogP contribution < -0.4 is 10.2 Å². The third kappa shape index (κ3) is 4.94. The van der Waals surface area contributed by atoms with Crippen LogP contribution >= 0.6 is 11.6 Å². The Balaban J connectivity index is 2.37. The van der Waals surface area contributed by atoms with Crippen LogP contribution in [0.2, 0.25) is 0 Å². The number of halogens is 1. The minimum atomic E-state index is -0.0882. The average molecular weight is 271 g/mol. The van der Waals surface area contributed by atoms with Gasteiger partial charge in [-0.15, -0.1) is 11.6 Å². The molecule has 4 nitrogen and oxygen atoms in total. The van der Waals surface area contributed by atoms with E-state index in [-0.39, 0.29) is 5.91 Å². The molecule has 0 radical (unpaired) electrons. The van der Waals surface area contributed by atoms with Crippen LogP contribution in [0.15, 0.2) is 24.3 Å².